The van der Waals surface area contributed by atoms with Gasteiger partial charge < -0.3 is 9.47 Å². The van der Waals surface area contributed by atoms with E-state index in [9.17, 15) is 14.0 Å². The lowest BCUT2D eigenvalue weighted by atomic mass is 10.1. The number of benzene rings is 3. The molecule has 0 atom stereocenters. The fraction of sp³-hybridized carbons (Fsp3) is 0.154. The average molecular weight is 498 g/mol. The van der Waals surface area contributed by atoms with Crippen LogP contribution in [0.15, 0.2) is 71.6 Å². The number of hydrogen-bond donors (Lipinski definition) is 0. The summed E-state index contributed by atoms with van der Waals surface area (Å²) in [5.41, 5.74) is 1.95. The van der Waals surface area contributed by atoms with Gasteiger partial charge in [0, 0.05) is 11.1 Å². The lowest BCUT2D eigenvalue weighted by Crippen LogP contribution is -2.32. The standard InChI is InChI=1S/C26H21ClFNO4S/c1-17-9-11-19(12-10-17)32-14-13-29-25(30)24(34-26(29)31)15-18-5-2-3-8-23(18)33-16-20-21(27)6-4-7-22(20)28/h2-12,15H,13-14,16H2,1H3/b24-15-. The first-order valence-electron chi connectivity index (χ1n) is 10.5. The van der Waals surface area contributed by atoms with Crippen LogP contribution in [0.3, 0.4) is 0 Å². The van der Waals surface area contributed by atoms with Gasteiger partial charge in [0.05, 0.1) is 16.5 Å². The lowest BCUT2D eigenvalue weighted by molar-refractivity contribution is -0.123. The maximum absolute atomic E-state index is 14.1. The molecule has 8 heteroatoms. The Hall–Kier alpha value is -3.29. The minimum absolute atomic E-state index is 0.0752. The first-order chi connectivity index (χ1) is 16.4. The van der Waals surface area contributed by atoms with Gasteiger partial charge in [-0.3, -0.25) is 14.5 Å². The van der Waals surface area contributed by atoms with Gasteiger partial charge in [-0.25, -0.2) is 4.39 Å². The zero-order chi connectivity index (χ0) is 24.1. The molecule has 34 heavy (non-hydrogen) atoms. The highest BCUT2D eigenvalue weighted by Gasteiger charge is 2.35. The number of para-hydroxylation sites is 1. The number of hydrogen-bond acceptors (Lipinski definition) is 5. The van der Waals surface area contributed by atoms with Gasteiger partial charge in [-0.1, -0.05) is 53.6 Å². The molecule has 1 fully saturated rings. The normalized spacial score (nSPS) is 14.7. The summed E-state index contributed by atoms with van der Waals surface area (Å²) in [6, 6.07) is 19.0. The molecule has 0 aliphatic carbocycles. The van der Waals surface area contributed by atoms with Crippen molar-refractivity contribution >= 4 is 40.6 Å². The zero-order valence-electron chi connectivity index (χ0n) is 18.3. The maximum Gasteiger partial charge on any atom is 0.293 e. The number of amides is 2. The maximum atomic E-state index is 14.1. The van der Waals surface area contributed by atoms with E-state index in [2.05, 4.69) is 0 Å². The van der Waals surface area contributed by atoms with Crippen molar-refractivity contribution in [2.75, 3.05) is 13.2 Å². The molecule has 3 aromatic carbocycles. The van der Waals surface area contributed by atoms with E-state index in [-0.39, 0.29) is 40.5 Å². The molecule has 0 unspecified atom stereocenters. The number of aryl methyl sites for hydroxylation is 1. The number of carbonyl (C=O) groups is 2. The van der Waals surface area contributed by atoms with Crippen molar-refractivity contribution < 1.29 is 23.5 Å². The van der Waals surface area contributed by atoms with E-state index in [0.29, 0.717) is 17.1 Å². The van der Waals surface area contributed by atoms with Crippen LogP contribution < -0.4 is 9.47 Å². The molecule has 1 aliphatic rings. The Morgan fingerprint density at radius 1 is 1.00 bits per heavy atom. The molecule has 0 spiro atoms. The highest BCUT2D eigenvalue weighted by atomic mass is 35.5. The largest absolute Gasteiger partial charge is 0.492 e. The molecular weight excluding hydrogens is 477 g/mol. The Kier molecular flexibility index (Phi) is 7.55. The van der Waals surface area contributed by atoms with E-state index in [0.717, 1.165) is 22.2 Å². The van der Waals surface area contributed by atoms with Crippen LogP contribution in [0, 0.1) is 12.7 Å². The Bertz CT molecular complexity index is 1230. The topological polar surface area (TPSA) is 55.8 Å². The fourth-order valence-electron chi connectivity index (χ4n) is 3.27. The molecule has 0 bridgehead atoms. The van der Waals surface area contributed by atoms with E-state index < -0.39 is 11.7 Å². The van der Waals surface area contributed by atoms with Crippen molar-refractivity contribution in [3.63, 3.8) is 0 Å². The van der Waals surface area contributed by atoms with Crippen LogP contribution in [-0.2, 0) is 11.4 Å². The minimum Gasteiger partial charge on any atom is -0.492 e. The van der Waals surface area contributed by atoms with Crippen LogP contribution in [0.2, 0.25) is 5.02 Å². The second-order valence-corrected chi connectivity index (χ2v) is 8.92. The molecule has 1 aliphatic heterocycles. The number of thioether (sulfide) groups is 1. The number of carbonyl (C=O) groups excluding carboxylic acids is 2. The molecule has 3 aromatic rings. The van der Waals surface area contributed by atoms with Crippen LogP contribution in [0.4, 0.5) is 9.18 Å². The van der Waals surface area contributed by atoms with Crippen molar-refractivity contribution in [3.05, 3.63) is 99.2 Å². The number of ether oxygens (including phenoxy) is 2. The van der Waals surface area contributed by atoms with Gasteiger partial charge >= 0.3 is 0 Å². The van der Waals surface area contributed by atoms with Crippen molar-refractivity contribution in [2.45, 2.75) is 13.5 Å². The fourth-order valence-corrected chi connectivity index (χ4v) is 4.35. The zero-order valence-corrected chi connectivity index (χ0v) is 19.9. The predicted octanol–water partition coefficient (Wildman–Crippen LogP) is 6.48. The smallest absolute Gasteiger partial charge is 0.293 e. The summed E-state index contributed by atoms with van der Waals surface area (Å²) in [7, 11) is 0. The third-order valence-corrected chi connectivity index (χ3v) is 6.38. The van der Waals surface area contributed by atoms with Crippen LogP contribution in [0.5, 0.6) is 11.5 Å². The summed E-state index contributed by atoms with van der Waals surface area (Å²) < 4.78 is 25.5. The van der Waals surface area contributed by atoms with Crippen LogP contribution in [0.25, 0.3) is 6.08 Å². The number of nitrogens with zero attached hydrogens (tertiary/aromatic N) is 1. The molecule has 4 rings (SSSR count). The number of halogens is 2. The molecule has 2 amide bonds. The molecule has 5 nitrogen and oxygen atoms in total. The number of imide groups is 1. The van der Waals surface area contributed by atoms with Gasteiger partial charge in [0.1, 0.15) is 30.5 Å². The Labute approximate surface area is 206 Å². The Morgan fingerprint density at radius 2 is 1.76 bits per heavy atom. The predicted molar refractivity (Wildman–Crippen MR) is 132 cm³/mol. The van der Waals surface area contributed by atoms with Crippen molar-refractivity contribution in [1.82, 2.24) is 4.90 Å². The van der Waals surface area contributed by atoms with E-state index in [4.69, 9.17) is 21.1 Å². The molecule has 0 N–H and O–H groups in total. The Morgan fingerprint density at radius 3 is 2.53 bits per heavy atom. The number of rotatable bonds is 8. The molecule has 0 radical (unpaired) electrons. The third-order valence-electron chi connectivity index (χ3n) is 5.12. The molecular formula is C26H21ClFNO4S. The van der Waals surface area contributed by atoms with Gasteiger partial charge in [-0.15, -0.1) is 0 Å². The van der Waals surface area contributed by atoms with Gasteiger partial charge in [0.15, 0.2) is 0 Å². The molecule has 1 heterocycles. The highest BCUT2D eigenvalue weighted by molar-refractivity contribution is 8.18. The first-order valence-corrected chi connectivity index (χ1v) is 11.7. The monoisotopic (exact) mass is 497 g/mol. The SMILES string of the molecule is Cc1ccc(OCCN2C(=O)S/C(=C\c3ccccc3OCc3c(F)cccc3Cl)C2=O)cc1. The summed E-state index contributed by atoms with van der Waals surface area (Å²) in [6.07, 6.45) is 1.60. The highest BCUT2D eigenvalue weighted by Crippen LogP contribution is 2.34. The minimum atomic E-state index is -0.459. The van der Waals surface area contributed by atoms with E-state index >= 15 is 0 Å². The first kappa shape index (κ1) is 23.9. The second kappa shape index (κ2) is 10.8. The summed E-state index contributed by atoms with van der Waals surface area (Å²) in [5, 5.41) is -0.0910. The quantitative estimate of drug-likeness (QED) is 0.333. The molecule has 174 valence electrons. The summed E-state index contributed by atoms with van der Waals surface area (Å²) in [6.45, 7) is 2.24. The van der Waals surface area contributed by atoms with E-state index in [1.165, 1.54) is 12.1 Å². The van der Waals surface area contributed by atoms with Crippen molar-refractivity contribution in [2.24, 2.45) is 0 Å². The molecule has 0 aromatic heterocycles. The Balaban J connectivity index is 1.43. The summed E-state index contributed by atoms with van der Waals surface area (Å²) >= 11 is 6.94. The van der Waals surface area contributed by atoms with Gasteiger partial charge in [-0.05, 0) is 55.1 Å². The van der Waals surface area contributed by atoms with Gasteiger partial charge in [0.25, 0.3) is 11.1 Å². The third kappa shape index (κ3) is 5.61. The van der Waals surface area contributed by atoms with Crippen LogP contribution >= 0.6 is 23.4 Å². The van der Waals surface area contributed by atoms with Crippen LogP contribution in [0.1, 0.15) is 16.7 Å². The van der Waals surface area contributed by atoms with Gasteiger partial charge in [0.2, 0.25) is 0 Å². The second-order valence-electron chi connectivity index (χ2n) is 7.52. The van der Waals surface area contributed by atoms with Crippen molar-refractivity contribution in [1.29, 1.82) is 0 Å². The van der Waals surface area contributed by atoms with E-state index in [1.807, 2.05) is 31.2 Å². The van der Waals surface area contributed by atoms with Gasteiger partial charge in [-0.2, -0.15) is 0 Å². The molecule has 1 saturated heterocycles. The average Bonchev–Trinajstić information content (AvgIpc) is 3.08. The van der Waals surface area contributed by atoms with E-state index in [1.54, 1.807) is 36.4 Å². The summed E-state index contributed by atoms with van der Waals surface area (Å²) in [4.78, 5) is 26.7. The van der Waals surface area contributed by atoms with Crippen LogP contribution in [-0.4, -0.2) is 29.2 Å². The molecule has 0 saturated carbocycles. The summed E-state index contributed by atoms with van der Waals surface area (Å²) in [5.74, 6) is 0.263. The van der Waals surface area contributed by atoms with Crippen molar-refractivity contribution in [3.8, 4) is 11.5 Å². The lowest BCUT2D eigenvalue weighted by Gasteiger charge is -2.13.